The number of methoxy groups -OCH3 is 1. The third-order valence-electron chi connectivity index (χ3n) is 4.73. The first kappa shape index (κ1) is 15.6. The molecule has 0 unspecified atom stereocenters. The quantitative estimate of drug-likeness (QED) is 0.891. The van der Waals surface area contributed by atoms with Crippen molar-refractivity contribution in [1.29, 1.82) is 0 Å². The van der Waals surface area contributed by atoms with Crippen LogP contribution in [0.25, 0.3) is 0 Å². The van der Waals surface area contributed by atoms with Crippen molar-refractivity contribution < 1.29 is 19.4 Å². The van der Waals surface area contributed by atoms with Gasteiger partial charge in [-0.05, 0) is 24.8 Å². The predicted molar refractivity (Wildman–Crippen MR) is 83.5 cm³/mol. The number of anilines is 1. The average molecular weight is 319 g/mol. The van der Waals surface area contributed by atoms with Crippen LogP contribution in [0.2, 0.25) is 0 Å². The SMILES string of the molecule is COc1ccc2c(n1)[C@H](NC(=O)O)[C@@H](C)[C@H](C1CC1)N2C(C)=O. The number of amides is 2. The van der Waals surface area contributed by atoms with Crippen molar-refractivity contribution >= 4 is 17.7 Å². The van der Waals surface area contributed by atoms with Crippen LogP contribution in [-0.2, 0) is 4.79 Å². The Morgan fingerprint density at radius 2 is 2.09 bits per heavy atom. The number of fused-ring (bicyclic) bond motifs is 1. The van der Waals surface area contributed by atoms with Crippen LogP contribution in [0.4, 0.5) is 10.5 Å². The highest BCUT2D eigenvalue weighted by molar-refractivity contribution is 5.94. The van der Waals surface area contributed by atoms with Crippen LogP contribution in [0.3, 0.4) is 0 Å². The number of hydrogen-bond acceptors (Lipinski definition) is 4. The fraction of sp³-hybridized carbons (Fsp3) is 0.562. The first-order chi connectivity index (χ1) is 10.9. The van der Waals surface area contributed by atoms with Gasteiger partial charge in [-0.2, -0.15) is 0 Å². The van der Waals surface area contributed by atoms with Gasteiger partial charge in [0.1, 0.15) is 0 Å². The lowest BCUT2D eigenvalue weighted by Gasteiger charge is -2.44. The minimum atomic E-state index is -1.09. The molecule has 1 aliphatic carbocycles. The van der Waals surface area contributed by atoms with Gasteiger partial charge in [0.2, 0.25) is 11.8 Å². The van der Waals surface area contributed by atoms with E-state index >= 15 is 0 Å². The van der Waals surface area contributed by atoms with Gasteiger partial charge in [0.15, 0.2) is 0 Å². The van der Waals surface area contributed by atoms with Crippen LogP contribution in [0.15, 0.2) is 12.1 Å². The molecule has 2 amide bonds. The number of carboxylic acid groups (broad SMARTS) is 1. The third kappa shape index (κ3) is 2.71. The standard InChI is InChI=1S/C16H21N3O4/c1-8-13(18-16(21)22)14-11(6-7-12(17-14)23-3)19(9(2)20)15(8)10-4-5-10/h6-8,10,13,15,18H,4-5H2,1-3H3,(H,21,22)/t8-,13-,15-/m1/s1. The average Bonchev–Trinajstić information content (AvgIpc) is 3.32. The summed E-state index contributed by atoms with van der Waals surface area (Å²) in [6, 6.07) is 3.03. The van der Waals surface area contributed by atoms with E-state index in [1.54, 1.807) is 24.0 Å². The minimum Gasteiger partial charge on any atom is -0.481 e. The maximum absolute atomic E-state index is 12.3. The van der Waals surface area contributed by atoms with E-state index < -0.39 is 12.1 Å². The van der Waals surface area contributed by atoms with Crippen LogP contribution in [0.1, 0.15) is 38.4 Å². The fourth-order valence-corrected chi connectivity index (χ4v) is 3.63. The fourth-order valence-electron chi connectivity index (χ4n) is 3.63. The Kier molecular flexibility index (Phi) is 3.87. The zero-order chi connectivity index (χ0) is 16.7. The number of rotatable bonds is 3. The van der Waals surface area contributed by atoms with Crippen LogP contribution in [-0.4, -0.2) is 35.2 Å². The molecule has 1 saturated carbocycles. The molecule has 1 aromatic heterocycles. The molecule has 2 aliphatic rings. The van der Waals surface area contributed by atoms with E-state index in [9.17, 15) is 14.7 Å². The van der Waals surface area contributed by atoms with Crippen LogP contribution in [0.5, 0.6) is 5.88 Å². The highest BCUT2D eigenvalue weighted by Crippen LogP contribution is 2.48. The molecule has 0 bridgehead atoms. The number of pyridine rings is 1. The smallest absolute Gasteiger partial charge is 0.405 e. The second kappa shape index (κ2) is 5.72. The van der Waals surface area contributed by atoms with E-state index in [1.807, 2.05) is 6.92 Å². The van der Waals surface area contributed by atoms with Crippen molar-refractivity contribution in [2.24, 2.45) is 11.8 Å². The summed E-state index contributed by atoms with van der Waals surface area (Å²) >= 11 is 0. The molecule has 1 aliphatic heterocycles. The van der Waals surface area contributed by atoms with E-state index in [1.165, 1.54) is 7.11 Å². The second-order valence-electron chi connectivity index (χ2n) is 6.26. The summed E-state index contributed by atoms with van der Waals surface area (Å²) in [7, 11) is 1.51. The molecule has 1 fully saturated rings. The maximum Gasteiger partial charge on any atom is 0.405 e. The monoisotopic (exact) mass is 319 g/mol. The molecule has 2 N–H and O–H groups in total. The molecule has 23 heavy (non-hydrogen) atoms. The van der Waals surface area contributed by atoms with Gasteiger partial charge in [-0.15, -0.1) is 0 Å². The Labute approximate surface area is 134 Å². The summed E-state index contributed by atoms with van der Waals surface area (Å²) in [6.45, 7) is 3.52. The van der Waals surface area contributed by atoms with Gasteiger partial charge >= 0.3 is 6.09 Å². The van der Waals surface area contributed by atoms with Crippen molar-refractivity contribution in [2.75, 3.05) is 12.0 Å². The van der Waals surface area contributed by atoms with E-state index in [-0.39, 0.29) is 17.9 Å². The molecule has 0 aromatic carbocycles. The summed E-state index contributed by atoms with van der Waals surface area (Å²) in [5, 5.41) is 11.8. The van der Waals surface area contributed by atoms with E-state index in [0.717, 1.165) is 12.8 Å². The number of ether oxygens (including phenoxy) is 1. The van der Waals surface area contributed by atoms with Crippen LogP contribution >= 0.6 is 0 Å². The third-order valence-corrected chi connectivity index (χ3v) is 4.73. The lowest BCUT2D eigenvalue weighted by atomic mass is 9.82. The number of nitrogens with zero attached hydrogens (tertiary/aromatic N) is 2. The van der Waals surface area contributed by atoms with Crippen molar-refractivity contribution in [1.82, 2.24) is 10.3 Å². The van der Waals surface area contributed by atoms with E-state index in [0.29, 0.717) is 23.2 Å². The Morgan fingerprint density at radius 1 is 1.39 bits per heavy atom. The van der Waals surface area contributed by atoms with Crippen LogP contribution < -0.4 is 15.0 Å². The molecule has 7 heteroatoms. The largest absolute Gasteiger partial charge is 0.481 e. The summed E-state index contributed by atoms with van der Waals surface area (Å²) < 4.78 is 5.16. The summed E-state index contributed by atoms with van der Waals surface area (Å²) in [4.78, 5) is 29.7. The molecule has 2 heterocycles. The molecular formula is C16H21N3O4. The zero-order valence-corrected chi connectivity index (χ0v) is 13.4. The molecule has 3 atom stereocenters. The van der Waals surface area contributed by atoms with Gasteiger partial charge in [0.25, 0.3) is 0 Å². The minimum absolute atomic E-state index is 0.00737. The number of hydrogen-bond donors (Lipinski definition) is 2. The topological polar surface area (TPSA) is 91.8 Å². The highest BCUT2D eigenvalue weighted by Gasteiger charge is 2.48. The number of aromatic nitrogens is 1. The lowest BCUT2D eigenvalue weighted by Crippen LogP contribution is -2.53. The van der Waals surface area contributed by atoms with Crippen LogP contribution in [0, 0.1) is 11.8 Å². The summed E-state index contributed by atoms with van der Waals surface area (Å²) in [6.07, 6.45) is 1.04. The van der Waals surface area contributed by atoms with Gasteiger partial charge in [-0.3, -0.25) is 4.79 Å². The summed E-state index contributed by atoms with van der Waals surface area (Å²) in [5.41, 5.74) is 1.22. The molecule has 0 spiro atoms. The first-order valence-corrected chi connectivity index (χ1v) is 7.78. The van der Waals surface area contributed by atoms with E-state index in [2.05, 4.69) is 10.3 Å². The van der Waals surface area contributed by atoms with Gasteiger partial charge in [-0.25, -0.2) is 9.78 Å². The molecule has 1 aromatic rings. The Bertz CT molecular complexity index is 644. The van der Waals surface area contributed by atoms with Crippen molar-refractivity contribution in [3.8, 4) is 5.88 Å². The van der Waals surface area contributed by atoms with Gasteiger partial charge in [0.05, 0.1) is 24.5 Å². The second-order valence-corrected chi connectivity index (χ2v) is 6.26. The van der Waals surface area contributed by atoms with Crippen molar-refractivity contribution in [3.05, 3.63) is 17.8 Å². The van der Waals surface area contributed by atoms with Gasteiger partial charge < -0.3 is 20.1 Å². The molecular weight excluding hydrogens is 298 g/mol. The van der Waals surface area contributed by atoms with Gasteiger partial charge in [0, 0.05) is 24.9 Å². The van der Waals surface area contributed by atoms with E-state index in [4.69, 9.17) is 4.74 Å². The zero-order valence-electron chi connectivity index (χ0n) is 13.4. The van der Waals surface area contributed by atoms with Crippen molar-refractivity contribution in [2.45, 2.75) is 38.8 Å². The number of nitrogens with one attached hydrogen (secondary N) is 1. The first-order valence-electron chi connectivity index (χ1n) is 7.78. The predicted octanol–water partition coefficient (Wildman–Crippen LogP) is 2.18. The lowest BCUT2D eigenvalue weighted by molar-refractivity contribution is -0.117. The number of carbonyl (C=O) groups excluding carboxylic acids is 1. The maximum atomic E-state index is 12.3. The van der Waals surface area contributed by atoms with Crippen molar-refractivity contribution in [3.63, 3.8) is 0 Å². The molecule has 7 nitrogen and oxygen atoms in total. The molecule has 0 radical (unpaired) electrons. The Balaban J connectivity index is 2.13. The molecule has 3 rings (SSSR count). The summed E-state index contributed by atoms with van der Waals surface area (Å²) in [5.74, 6) is 0.717. The molecule has 0 saturated heterocycles. The Morgan fingerprint density at radius 3 is 2.61 bits per heavy atom. The highest BCUT2D eigenvalue weighted by atomic mass is 16.5. The number of carbonyl (C=O) groups is 2. The normalized spacial score (nSPS) is 26.4. The molecule has 124 valence electrons. The Hall–Kier alpha value is -2.31. The van der Waals surface area contributed by atoms with Gasteiger partial charge in [-0.1, -0.05) is 6.92 Å².